The van der Waals surface area contributed by atoms with Gasteiger partial charge in [-0.3, -0.25) is 0 Å². The summed E-state index contributed by atoms with van der Waals surface area (Å²) in [4.78, 5) is 0. The highest BCUT2D eigenvalue weighted by atomic mass is 14.2. The molecule has 0 spiro atoms. The quantitative estimate of drug-likeness (QED) is 0.387. The summed E-state index contributed by atoms with van der Waals surface area (Å²) in [5.41, 5.74) is 6.40. The SMILES string of the molecule is CCC[CH]c1c(CCCC)cc(CCCC)cc1CCCC. The summed E-state index contributed by atoms with van der Waals surface area (Å²) in [6.07, 6.45) is 16.6. The second-order valence-corrected chi connectivity index (χ2v) is 6.63. The molecule has 0 aliphatic rings. The van der Waals surface area contributed by atoms with Crippen molar-refractivity contribution in [2.24, 2.45) is 0 Å². The summed E-state index contributed by atoms with van der Waals surface area (Å²) in [5, 5.41) is 0. The van der Waals surface area contributed by atoms with Crippen molar-refractivity contribution in [3.05, 3.63) is 40.8 Å². The maximum absolute atomic E-state index is 2.52. The first-order chi connectivity index (χ1) is 10.8. The predicted octanol–water partition coefficient (Wildman–Crippen LogP) is 7.07. The fourth-order valence-electron chi connectivity index (χ4n) is 3.08. The average molecular weight is 302 g/mol. The molecule has 0 nitrogen and oxygen atoms in total. The minimum Gasteiger partial charge on any atom is -0.0654 e. The van der Waals surface area contributed by atoms with E-state index in [0.717, 1.165) is 0 Å². The lowest BCUT2D eigenvalue weighted by Crippen LogP contribution is -2.03. The van der Waals surface area contributed by atoms with E-state index in [1.165, 1.54) is 70.6 Å². The lowest BCUT2D eigenvalue weighted by molar-refractivity contribution is 0.757. The van der Waals surface area contributed by atoms with Crippen LogP contribution in [0, 0.1) is 6.42 Å². The minimum absolute atomic E-state index is 1.21. The zero-order valence-electron chi connectivity index (χ0n) is 15.5. The second kappa shape index (κ2) is 11.7. The van der Waals surface area contributed by atoms with Gasteiger partial charge < -0.3 is 0 Å². The molecule has 1 radical (unpaired) electrons. The van der Waals surface area contributed by atoms with Crippen LogP contribution in [-0.2, 0) is 19.3 Å². The molecule has 0 heterocycles. The van der Waals surface area contributed by atoms with E-state index < -0.39 is 0 Å². The van der Waals surface area contributed by atoms with Crippen LogP contribution in [-0.4, -0.2) is 0 Å². The van der Waals surface area contributed by atoms with E-state index in [0.29, 0.717) is 0 Å². The normalized spacial score (nSPS) is 11.1. The molecule has 0 fully saturated rings. The Morgan fingerprint density at radius 3 is 1.64 bits per heavy atom. The maximum atomic E-state index is 2.52. The highest BCUT2D eigenvalue weighted by Gasteiger charge is 2.11. The molecule has 0 saturated heterocycles. The molecule has 0 saturated carbocycles. The lowest BCUT2D eigenvalue weighted by atomic mass is 9.88. The van der Waals surface area contributed by atoms with Crippen molar-refractivity contribution in [2.45, 2.75) is 98.3 Å². The Morgan fingerprint density at radius 2 is 1.18 bits per heavy atom. The molecule has 1 aromatic rings. The van der Waals surface area contributed by atoms with Crippen LogP contribution in [0.1, 0.15) is 101 Å². The van der Waals surface area contributed by atoms with Crippen LogP contribution in [0.2, 0.25) is 0 Å². The molecule has 22 heavy (non-hydrogen) atoms. The predicted molar refractivity (Wildman–Crippen MR) is 101 cm³/mol. The Kier molecular flexibility index (Phi) is 10.3. The summed E-state index contributed by atoms with van der Waals surface area (Å²) in [7, 11) is 0. The van der Waals surface area contributed by atoms with Gasteiger partial charge in [-0.25, -0.2) is 0 Å². The zero-order valence-corrected chi connectivity index (χ0v) is 15.5. The van der Waals surface area contributed by atoms with Crippen molar-refractivity contribution >= 4 is 0 Å². The van der Waals surface area contributed by atoms with Gasteiger partial charge in [0.2, 0.25) is 0 Å². The van der Waals surface area contributed by atoms with Crippen molar-refractivity contribution in [3.63, 3.8) is 0 Å². The molecule has 0 N–H and O–H groups in total. The van der Waals surface area contributed by atoms with E-state index in [2.05, 4.69) is 46.2 Å². The van der Waals surface area contributed by atoms with E-state index in [4.69, 9.17) is 0 Å². The van der Waals surface area contributed by atoms with Crippen LogP contribution in [0.25, 0.3) is 0 Å². The molecule has 0 heteroatoms. The summed E-state index contributed by atoms with van der Waals surface area (Å²) in [6.45, 7) is 9.17. The van der Waals surface area contributed by atoms with E-state index in [1.807, 2.05) is 0 Å². The molecule has 0 unspecified atom stereocenters. The van der Waals surface area contributed by atoms with Crippen LogP contribution in [0.4, 0.5) is 0 Å². The van der Waals surface area contributed by atoms with Crippen molar-refractivity contribution in [2.75, 3.05) is 0 Å². The standard InChI is InChI=1S/C22H37/c1-5-9-13-19-17-20(14-10-6-2)22(16-12-8-4)21(18-19)15-11-7-3/h16-18H,5-15H2,1-4H3. The van der Waals surface area contributed by atoms with Gasteiger partial charge >= 0.3 is 0 Å². The first-order valence-corrected chi connectivity index (χ1v) is 9.74. The first-order valence-electron chi connectivity index (χ1n) is 9.74. The average Bonchev–Trinajstić information content (AvgIpc) is 2.54. The monoisotopic (exact) mass is 301 g/mol. The molecule has 125 valence electrons. The Morgan fingerprint density at radius 1 is 0.682 bits per heavy atom. The van der Waals surface area contributed by atoms with Gasteiger partial charge in [0, 0.05) is 0 Å². The summed E-state index contributed by atoms with van der Waals surface area (Å²) >= 11 is 0. The maximum Gasteiger partial charge on any atom is -0.00875 e. The smallest absolute Gasteiger partial charge is 0.00875 e. The van der Waals surface area contributed by atoms with Gasteiger partial charge in [-0.1, -0.05) is 65.5 Å². The van der Waals surface area contributed by atoms with Crippen molar-refractivity contribution in [1.29, 1.82) is 0 Å². The summed E-state index contributed by atoms with van der Waals surface area (Å²) in [6, 6.07) is 5.03. The third-order valence-corrected chi connectivity index (χ3v) is 4.47. The number of benzene rings is 1. The largest absolute Gasteiger partial charge is 0.0654 e. The molecule has 0 aromatic heterocycles. The van der Waals surface area contributed by atoms with Gasteiger partial charge in [0.15, 0.2) is 0 Å². The molecular weight excluding hydrogens is 264 g/mol. The van der Waals surface area contributed by atoms with Crippen LogP contribution < -0.4 is 0 Å². The number of aryl methyl sites for hydroxylation is 3. The van der Waals surface area contributed by atoms with Gasteiger partial charge in [-0.05, 0) is 73.6 Å². The van der Waals surface area contributed by atoms with E-state index >= 15 is 0 Å². The number of rotatable bonds is 12. The van der Waals surface area contributed by atoms with Crippen molar-refractivity contribution in [3.8, 4) is 0 Å². The van der Waals surface area contributed by atoms with Crippen LogP contribution in [0.15, 0.2) is 12.1 Å². The molecule has 0 atom stereocenters. The fourth-order valence-corrected chi connectivity index (χ4v) is 3.08. The number of unbranched alkanes of at least 4 members (excludes halogenated alkanes) is 4. The van der Waals surface area contributed by atoms with E-state index in [1.54, 1.807) is 22.3 Å². The fraction of sp³-hybridized carbons (Fsp3) is 0.682. The first kappa shape index (κ1) is 19.3. The zero-order chi connectivity index (χ0) is 16.2. The number of hydrogen-bond donors (Lipinski definition) is 0. The van der Waals surface area contributed by atoms with Gasteiger partial charge in [-0.2, -0.15) is 0 Å². The Balaban J connectivity index is 3.07. The third kappa shape index (κ3) is 6.55. The van der Waals surface area contributed by atoms with Gasteiger partial charge in [0.1, 0.15) is 0 Å². The van der Waals surface area contributed by atoms with Crippen molar-refractivity contribution < 1.29 is 0 Å². The second-order valence-electron chi connectivity index (χ2n) is 6.63. The van der Waals surface area contributed by atoms with Gasteiger partial charge in [0.05, 0.1) is 0 Å². The summed E-state index contributed by atoms with van der Waals surface area (Å²) < 4.78 is 0. The molecule has 0 aliphatic heterocycles. The topological polar surface area (TPSA) is 0 Å². The minimum atomic E-state index is 1.21. The Labute approximate surface area is 139 Å². The highest BCUT2D eigenvalue weighted by Crippen LogP contribution is 2.26. The van der Waals surface area contributed by atoms with Crippen LogP contribution in [0.3, 0.4) is 0 Å². The van der Waals surface area contributed by atoms with E-state index in [9.17, 15) is 0 Å². The molecule has 1 rings (SSSR count). The molecule has 0 amide bonds. The molecule has 0 bridgehead atoms. The van der Waals surface area contributed by atoms with Gasteiger partial charge in [-0.15, -0.1) is 0 Å². The Hall–Kier alpha value is -0.780. The van der Waals surface area contributed by atoms with Crippen molar-refractivity contribution in [1.82, 2.24) is 0 Å². The molecular formula is C22H37. The lowest BCUT2D eigenvalue weighted by Gasteiger charge is -2.17. The summed E-state index contributed by atoms with van der Waals surface area (Å²) in [5.74, 6) is 0. The highest BCUT2D eigenvalue weighted by molar-refractivity contribution is 5.44. The van der Waals surface area contributed by atoms with Gasteiger partial charge in [0.25, 0.3) is 0 Å². The van der Waals surface area contributed by atoms with E-state index in [-0.39, 0.29) is 0 Å². The third-order valence-electron chi connectivity index (χ3n) is 4.47. The van der Waals surface area contributed by atoms with Crippen LogP contribution in [0.5, 0.6) is 0 Å². The molecule has 1 aromatic carbocycles. The Bertz CT molecular complexity index is 373. The number of hydrogen-bond acceptors (Lipinski definition) is 0. The molecule has 0 aliphatic carbocycles. The van der Waals surface area contributed by atoms with Crippen LogP contribution >= 0.6 is 0 Å².